The second-order valence-electron chi connectivity index (χ2n) is 11.0. The van der Waals surface area contributed by atoms with Crippen LogP contribution in [0, 0.1) is 5.92 Å². The highest BCUT2D eigenvalue weighted by atomic mass is 127. The van der Waals surface area contributed by atoms with Crippen molar-refractivity contribution in [3.05, 3.63) is 71.2 Å². The first-order chi connectivity index (χ1) is 20.8. The number of halogens is 4. The summed E-state index contributed by atoms with van der Waals surface area (Å²) in [7, 11) is 4.13. The molecule has 1 saturated carbocycles. The minimum atomic E-state index is -4.76. The fourth-order valence-electron chi connectivity index (χ4n) is 5.15. The van der Waals surface area contributed by atoms with Crippen LogP contribution < -0.4 is 21.5 Å². The molecule has 2 aromatic rings. The van der Waals surface area contributed by atoms with Crippen molar-refractivity contribution in [2.45, 2.75) is 50.7 Å². The Labute approximate surface area is 263 Å². The predicted octanol–water partition coefficient (Wildman–Crippen LogP) is 4.72. The Bertz CT molecular complexity index is 1440. The molecule has 0 atom stereocenters. The average molecular weight is 729 g/mol. The third-order valence-electron chi connectivity index (χ3n) is 7.00. The highest BCUT2D eigenvalue weighted by Crippen LogP contribution is 2.35. The molecule has 44 heavy (non-hydrogen) atoms. The van der Waals surface area contributed by atoms with Crippen LogP contribution in [-0.2, 0) is 28.7 Å². The molecule has 0 bridgehead atoms. The number of benzene rings is 2. The van der Waals surface area contributed by atoms with Crippen molar-refractivity contribution in [1.82, 2.24) is 13.3 Å². The van der Waals surface area contributed by atoms with Gasteiger partial charge < -0.3 is 29.0 Å². The Morgan fingerprint density at radius 3 is 2.48 bits per heavy atom. The van der Waals surface area contributed by atoms with Crippen molar-refractivity contribution in [2.75, 3.05) is 26.0 Å². The van der Waals surface area contributed by atoms with Crippen LogP contribution in [0.2, 0.25) is 0 Å². The maximum Gasteiger partial charge on any atom is 0.416 e. The summed E-state index contributed by atoms with van der Waals surface area (Å²) in [5, 5.41) is 17.5. The first-order valence-corrected chi connectivity index (χ1v) is 15.8. The molecular weight excluding hydrogens is 694 g/mol. The Balaban J connectivity index is 1.42. The number of alkyl halides is 3. The van der Waals surface area contributed by atoms with Crippen LogP contribution >= 0.6 is 21.3 Å². The van der Waals surface area contributed by atoms with Gasteiger partial charge in [-0.3, -0.25) is 15.1 Å². The quantitative estimate of drug-likeness (QED) is 0.140. The van der Waals surface area contributed by atoms with Crippen LogP contribution in [0.3, 0.4) is 0 Å². The van der Waals surface area contributed by atoms with Crippen LogP contribution in [0.15, 0.2) is 62.8 Å². The number of urea groups is 1. The Morgan fingerprint density at radius 2 is 1.82 bits per heavy atom. The molecule has 1 aliphatic carbocycles. The molecule has 15 heteroatoms. The number of nitrogens with one attached hydrogen (secondary N) is 2. The molecule has 1 aliphatic heterocycles. The van der Waals surface area contributed by atoms with E-state index in [-0.39, 0.29) is 36.1 Å². The zero-order valence-corrected chi connectivity index (χ0v) is 26.4. The number of primary amides is 1. The van der Waals surface area contributed by atoms with E-state index in [2.05, 4.69) is 41.0 Å². The van der Waals surface area contributed by atoms with E-state index >= 15 is 0 Å². The Kier molecular flexibility index (Phi) is 11.2. The van der Waals surface area contributed by atoms with Gasteiger partial charge in [-0.05, 0) is 84.2 Å². The molecule has 0 unspecified atom stereocenters. The SMILES string of the molecule is CN(C)CC1CCC(N2C=C(NC(=O)Nc3cc(N=C([O-])Cc4cccc(CC(N)=O)c4)cc(C(F)(F)F)c3)ON=I2)CC1. The lowest BCUT2D eigenvalue weighted by atomic mass is 9.86. The van der Waals surface area contributed by atoms with Gasteiger partial charge in [-0.15, -0.1) is 0 Å². The number of hydrogen-bond donors (Lipinski definition) is 3. The minimum absolute atomic E-state index is 0.0163. The van der Waals surface area contributed by atoms with Crippen LogP contribution in [-0.4, -0.2) is 52.5 Å². The van der Waals surface area contributed by atoms with E-state index in [4.69, 9.17) is 10.6 Å². The first kappa shape index (κ1) is 33.2. The third kappa shape index (κ3) is 10.2. The summed E-state index contributed by atoms with van der Waals surface area (Å²) in [5.74, 6) is -0.542. The fourth-order valence-corrected chi connectivity index (χ4v) is 6.94. The summed E-state index contributed by atoms with van der Waals surface area (Å²) in [4.78, 5) is 35.2. The average Bonchev–Trinajstić information content (AvgIpc) is 2.92. The summed E-state index contributed by atoms with van der Waals surface area (Å²) in [6, 6.07) is 8.64. The van der Waals surface area contributed by atoms with Gasteiger partial charge in [0.05, 0.1) is 23.9 Å². The number of rotatable bonds is 10. The lowest BCUT2D eigenvalue weighted by Gasteiger charge is -2.34. The van der Waals surface area contributed by atoms with E-state index in [1.807, 2.05) is 0 Å². The van der Waals surface area contributed by atoms with E-state index in [1.54, 1.807) is 30.5 Å². The van der Waals surface area contributed by atoms with Gasteiger partial charge >= 0.3 is 12.2 Å². The monoisotopic (exact) mass is 728 g/mol. The number of carbonyl (C=O) groups is 2. The number of amides is 3. The van der Waals surface area contributed by atoms with Gasteiger partial charge in [0.2, 0.25) is 11.8 Å². The molecule has 2 aliphatic rings. The van der Waals surface area contributed by atoms with E-state index in [9.17, 15) is 27.9 Å². The van der Waals surface area contributed by atoms with Crippen molar-refractivity contribution in [1.29, 1.82) is 0 Å². The van der Waals surface area contributed by atoms with Gasteiger partial charge in [0.15, 0.2) is 21.3 Å². The van der Waals surface area contributed by atoms with E-state index < -0.39 is 50.9 Å². The summed E-state index contributed by atoms with van der Waals surface area (Å²) in [6.45, 7) is 1.04. The van der Waals surface area contributed by atoms with Crippen molar-refractivity contribution >= 4 is 50.5 Å². The maximum absolute atomic E-state index is 13.7. The van der Waals surface area contributed by atoms with Crippen molar-refractivity contribution in [3.63, 3.8) is 0 Å². The summed E-state index contributed by atoms with van der Waals surface area (Å²) >= 11 is -0.779. The van der Waals surface area contributed by atoms with E-state index in [1.165, 1.54) is 6.07 Å². The highest BCUT2D eigenvalue weighted by Gasteiger charge is 2.32. The lowest BCUT2D eigenvalue weighted by molar-refractivity contribution is -0.217. The zero-order chi connectivity index (χ0) is 31.9. The van der Waals surface area contributed by atoms with Gasteiger partial charge in [0.25, 0.3) is 0 Å². The summed E-state index contributed by atoms with van der Waals surface area (Å²) in [5.41, 5.74) is 4.75. The molecule has 11 nitrogen and oxygen atoms in total. The summed E-state index contributed by atoms with van der Waals surface area (Å²) < 4.78 is 47.2. The number of aliphatic imine (C=N–C) groups is 1. The molecular formula is C29H34F3IN7O4-. The second-order valence-corrected chi connectivity index (χ2v) is 12.9. The lowest BCUT2D eigenvalue weighted by Crippen LogP contribution is -2.35. The molecule has 0 saturated heterocycles. The molecule has 1 heterocycles. The normalized spacial score (nSPS) is 19.1. The standard InChI is InChI=1S/C29H35F3IN7O4/c1-39(2)16-18-6-8-24(9-7-18)40-17-27(44-38-33-40)37-28(43)36-23-14-21(29(30,31)32)13-22(15-23)35-26(42)12-20-5-3-4-19(10-20)11-25(34)41/h3-5,10,13-15,17-18,24H,6-9,11-12,16H2,1-2H3,(H2,34,41)(H,35,42)(H2,36,37,43)/p-1. The van der Waals surface area contributed by atoms with Crippen LogP contribution in [0.25, 0.3) is 0 Å². The first-order valence-electron chi connectivity index (χ1n) is 13.9. The number of carbonyl (C=O) groups excluding carboxylic acids is 2. The third-order valence-corrected chi connectivity index (χ3v) is 8.94. The molecule has 4 N–H and O–H groups in total. The highest BCUT2D eigenvalue weighted by molar-refractivity contribution is 14.1. The van der Waals surface area contributed by atoms with Crippen LogP contribution in [0.1, 0.15) is 42.4 Å². The fraction of sp³-hybridized carbons (Fsp3) is 0.414. The second kappa shape index (κ2) is 14.8. The number of anilines is 1. The van der Waals surface area contributed by atoms with Gasteiger partial charge in [-0.2, -0.15) is 13.2 Å². The molecule has 4 rings (SSSR count). The number of nitrogens with zero attached hydrogens (tertiary/aromatic N) is 4. The molecule has 1 fully saturated rings. The Hall–Kier alpha value is -3.73. The smallest absolute Gasteiger partial charge is 0.416 e. The van der Waals surface area contributed by atoms with Crippen molar-refractivity contribution in [2.24, 2.45) is 20.0 Å². The van der Waals surface area contributed by atoms with Crippen LogP contribution in [0.4, 0.5) is 29.3 Å². The number of nitrogens with two attached hydrogens (primary N) is 1. The maximum atomic E-state index is 13.7. The van der Waals surface area contributed by atoms with Gasteiger partial charge in [0, 0.05) is 24.7 Å². The molecule has 3 amide bonds. The predicted molar refractivity (Wildman–Crippen MR) is 165 cm³/mol. The number of hydrogen-bond acceptors (Lipinski definition) is 8. The van der Waals surface area contributed by atoms with Gasteiger partial charge in [-0.1, -0.05) is 24.3 Å². The van der Waals surface area contributed by atoms with Crippen molar-refractivity contribution < 1.29 is 32.7 Å². The van der Waals surface area contributed by atoms with Gasteiger partial charge in [-0.25, -0.2) is 4.79 Å². The van der Waals surface area contributed by atoms with Crippen LogP contribution in [0.5, 0.6) is 0 Å². The summed E-state index contributed by atoms with van der Waals surface area (Å²) in [6.07, 6.45) is 0.891. The molecule has 2 aromatic carbocycles. The van der Waals surface area contributed by atoms with Crippen molar-refractivity contribution in [3.8, 4) is 0 Å². The van der Waals surface area contributed by atoms with Gasteiger partial charge in [0.1, 0.15) is 0 Å². The largest absolute Gasteiger partial charge is 0.861 e. The molecule has 0 spiro atoms. The Morgan fingerprint density at radius 1 is 1.11 bits per heavy atom. The molecule has 0 aromatic heterocycles. The van der Waals surface area contributed by atoms with E-state index in [0.29, 0.717) is 17.0 Å². The topological polar surface area (TPSA) is 148 Å². The molecule has 238 valence electrons. The zero-order valence-electron chi connectivity index (χ0n) is 24.2. The minimum Gasteiger partial charge on any atom is -0.861 e. The van der Waals surface area contributed by atoms with E-state index in [0.717, 1.165) is 44.4 Å². The molecule has 0 radical (unpaired) electrons.